The maximum atomic E-state index is 5.83. The van der Waals surface area contributed by atoms with Crippen molar-refractivity contribution < 1.29 is 0 Å². The van der Waals surface area contributed by atoms with E-state index in [9.17, 15) is 0 Å². The number of aryl methyl sites for hydroxylation is 1. The van der Waals surface area contributed by atoms with Crippen LogP contribution in [0.5, 0.6) is 0 Å². The summed E-state index contributed by atoms with van der Waals surface area (Å²) in [5, 5.41) is 0. The lowest BCUT2D eigenvalue weighted by Gasteiger charge is -2.39. The second-order valence-corrected chi connectivity index (χ2v) is 7.42. The quantitative estimate of drug-likeness (QED) is 0.652. The van der Waals surface area contributed by atoms with Crippen molar-refractivity contribution in [1.82, 2.24) is 10.4 Å². The number of hydrazine groups is 1. The summed E-state index contributed by atoms with van der Waals surface area (Å²) in [4.78, 5) is 4.31. The zero-order chi connectivity index (χ0) is 14.8. The molecule has 0 amide bonds. The van der Waals surface area contributed by atoms with Crippen LogP contribution < -0.4 is 11.3 Å². The van der Waals surface area contributed by atoms with Gasteiger partial charge in [0.1, 0.15) is 0 Å². The van der Waals surface area contributed by atoms with Gasteiger partial charge in [-0.2, -0.15) is 0 Å². The molecule has 3 nitrogen and oxygen atoms in total. The van der Waals surface area contributed by atoms with E-state index < -0.39 is 0 Å². The number of aromatic nitrogens is 1. The van der Waals surface area contributed by atoms with Crippen LogP contribution in [0.4, 0.5) is 0 Å². The van der Waals surface area contributed by atoms with Crippen LogP contribution in [0.2, 0.25) is 0 Å². The number of hydrogen-bond acceptors (Lipinski definition) is 3. The first-order chi connectivity index (χ1) is 9.41. The van der Waals surface area contributed by atoms with E-state index in [-0.39, 0.29) is 6.04 Å². The van der Waals surface area contributed by atoms with Crippen molar-refractivity contribution in [3.05, 3.63) is 29.6 Å². The highest BCUT2D eigenvalue weighted by molar-refractivity contribution is 5.21. The Balaban J connectivity index is 2.04. The summed E-state index contributed by atoms with van der Waals surface area (Å²) < 4.78 is 0. The maximum Gasteiger partial charge on any atom is 0.0503 e. The van der Waals surface area contributed by atoms with E-state index in [1.54, 1.807) is 0 Å². The second kappa shape index (κ2) is 6.23. The van der Waals surface area contributed by atoms with Crippen LogP contribution in [0.1, 0.15) is 63.6 Å². The van der Waals surface area contributed by atoms with E-state index in [1.807, 2.05) is 12.4 Å². The number of nitrogens with one attached hydrogen (secondary N) is 1. The lowest BCUT2D eigenvalue weighted by molar-refractivity contribution is 0.132. The smallest absolute Gasteiger partial charge is 0.0503 e. The van der Waals surface area contributed by atoms with Crippen LogP contribution in [-0.2, 0) is 0 Å². The van der Waals surface area contributed by atoms with Crippen LogP contribution in [-0.4, -0.2) is 4.98 Å². The monoisotopic (exact) mass is 275 g/mol. The summed E-state index contributed by atoms with van der Waals surface area (Å²) in [6, 6.07) is 2.44. The fourth-order valence-electron chi connectivity index (χ4n) is 3.57. The number of hydrogen-bond donors (Lipinski definition) is 2. The molecule has 1 aromatic rings. The first-order valence-electron chi connectivity index (χ1n) is 7.79. The van der Waals surface area contributed by atoms with Crippen molar-refractivity contribution in [3.8, 4) is 0 Å². The van der Waals surface area contributed by atoms with Crippen molar-refractivity contribution in [3.63, 3.8) is 0 Å². The molecule has 1 heterocycles. The topological polar surface area (TPSA) is 50.9 Å². The third-order valence-electron chi connectivity index (χ3n) is 4.90. The van der Waals surface area contributed by atoms with Crippen LogP contribution in [0.15, 0.2) is 18.5 Å². The maximum absolute atomic E-state index is 5.83. The molecule has 1 aromatic heterocycles. The van der Waals surface area contributed by atoms with Gasteiger partial charge in [-0.3, -0.25) is 16.3 Å². The molecule has 0 bridgehead atoms. The van der Waals surface area contributed by atoms with E-state index in [1.165, 1.54) is 36.8 Å². The molecule has 0 aromatic carbocycles. The fraction of sp³-hybridized carbons (Fsp3) is 0.706. The van der Waals surface area contributed by atoms with Gasteiger partial charge in [0.05, 0.1) is 6.04 Å². The Labute approximate surface area is 123 Å². The Morgan fingerprint density at radius 2 is 1.85 bits per heavy atom. The molecular weight excluding hydrogens is 246 g/mol. The summed E-state index contributed by atoms with van der Waals surface area (Å²) in [6.07, 6.45) is 8.98. The van der Waals surface area contributed by atoms with E-state index >= 15 is 0 Å². The van der Waals surface area contributed by atoms with Gasteiger partial charge in [0.25, 0.3) is 0 Å². The summed E-state index contributed by atoms with van der Waals surface area (Å²) in [6.45, 7) is 9.17. The molecule has 1 aliphatic rings. The zero-order valence-electron chi connectivity index (χ0n) is 13.3. The van der Waals surface area contributed by atoms with Crippen molar-refractivity contribution in [2.24, 2.45) is 23.1 Å². The lowest BCUT2D eigenvalue weighted by atomic mass is 9.68. The first-order valence-corrected chi connectivity index (χ1v) is 7.79. The molecule has 0 saturated heterocycles. The molecule has 2 rings (SSSR count). The number of nitrogens with two attached hydrogens (primary N) is 1. The summed E-state index contributed by atoms with van der Waals surface area (Å²) in [7, 11) is 0. The number of nitrogens with zero attached hydrogens (tertiary/aromatic N) is 1. The Hall–Kier alpha value is -0.930. The van der Waals surface area contributed by atoms with Gasteiger partial charge in [-0.05, 0) is 61.0 Å². The third-order valence-corrected chi connectivity index (χ3v) is 4.90. The van der Waals surface area contributed by atoms with Crippen LogP contribution in [0.3, 0.4) is 0 Å². The minimum Gasteiger partial charge on any atom is -0.271 e. The van der Waals surface area contributed by atoms with Gasteiger partial charge < -0.3 is 0 Å². The SMILES string of the molecule is Cc1cncc(C(NN)C2CCC(C(C)(C)C)CC2)c1. The highest BCUT2D eigenvalue weighted by Gasteiger charge is 2.33. The van der Waals surface area contributed by atoms with E-state index in [0.717, 1.165) is 5.92 Å². The van der Waals surface area contributed by atoms with E-state index in [0.29, 0.717) is 11.3 Å². The predicted molar refractivity (Wildman–Crippen MR) is 83.9 cm³/mol. The van der Waals surface area contributed by atoms with Crippen LogP contribution >= 0.6 is 0 Å². The Morgan fingerprint density at radius 3 is 2.35 bits per heavy atom. The van der Waals surface area contributed by atoms with Gasteiger partial charge in [0.15, 0.2) is 0 Å². The molecule has 1 fully saturated rings. The minimum absolute atomic E-state index is 0.239. The summed E-state index contributed by atoms with van der Waals surface area (Å²) in [5.74, 6) is 7.30. The van der Waals surface area contributed by atoms with Gasteiger partial charge in [-0.25, -0.2) is 0 Å². The summed E-state index contributed by atoms with van der Waals surface area (Å²) in [5.41, 5.74) is 5.89. The molecule has 1 atom stereocenters. The molecule has 0 spiro atoms. The Bertz CT molecular complexity index is 428. The molecule has 1 unspecified atom stereocenters. The fourth-order valence-corrected chi connectivity index (χ4v) is 3.57. The molecule has 112 valence electrons. The van der Waals surface area contributed by atoms with Crippen molar-refractivity contribution in [1.29, 1.82) is 0 Å². The zero-order valence-corrected chi connectivity index (χ0v) is 13.3. The van der Waals surface area contributed by atoms with E-state index in [2.05, 4.69) is 44.2 Å². The highest BCUT2D eigenvalue weighted by atomic mass is 15.2. The van der Waals surface area contributed by atoms with Crippen LogP contribution in [0.25, 0.3) is 0 Å². The average molecular weight is 275 g/mol. The predicted octanol–water partition coefficient (Wildman–Crippen LogP) is 3.75. The van der Waals surface area contributed by atoms with Gasteiger partial charge in [-0.1, -0.05) is 26.8 Å². The Kier molecular flexibility index (Phi) is 4.82. The molecule has 0 radical (unpaired) electrons. The molecule has 20 heavy (non-hydrogen) atoms. The molecule has 3 heteroatoms. The summed E-state index contributed by atoms with van der Waals surface area (Å²) >= 11 is 0. The number of pyridine rings is 1. The second-order valence-electron chi connectivity index (χ2n) is 7.42. The minimum atomic E-state index is 0.239. The lowest BCUT2D eigenvalue weighted by Crippen LogP contribution is -2.37. The van der Waals surface area contributed by atoms with Crippen molar-refractivity contribution in [2.45, 2.75) is 59.4 Å². The molecule has 0 aliphatic heterocycles. The molecule has 1 aliphatic carbocycles. The average Bonchev–Trinajstić information content (AvgIpc) is 2.39. The molecule has 3 N–H and O–H groups in total. The molecular formula is C17H29N3. The van der Waals surface area contributed by atoms with Crippen molar-refractivity contribution >= 4 is 0 Å². The van der Waals surface area contributed by atoms with Crippen LogP contribution in [0, 0.1) is 24.2 Å². The normalized spacial score (nSPS) is 25.4. The van der Waals surface area contributed by atoms with Gasteiger partial charge in [-0.15, -0.1) is 0 Å². The highest BCUT2D eigenvalue weighted by Crippen LogP contribution is 2.43. The van der Waals surface area contributed by atoms with Gasteiger partial charge >= 0.3 is 0 Å². The molecule has 1 saturated carbocycles. The van der Waals surface area contributed by atoms with Gasteiger partial charge in [0.2, 0.25) is 0 Å². The first kappa shape index (κ1) is 15.5. The third kappa shape index (κ3) is 3.58. The largest absolute Gasteiger partial charge is 0.271 e. The van der Waals surface area contributed by atoms with E-state index in [4.69, 9.17) is 5.84 Å². The van der Waals surface area contributed by atoms with Crippen molar-refractivity contribution in [2.75, 3.05) is 0 Å². The Morgan fingerprint density at radius 1 is 1.20 bits per heavy atom. The van der Waals surface area contributed by atoms with Gasteiger partial charge in [0, 0.05) is 12.4 Å². The standard InChI is InChI=1S/C17H29N3/c1-12-9-14(11-19-10-12)16(20-18)13-5-7-15(8-6-13)17(2,3)4/h9-11,13,15-16,20H,5-8,18H2,1-4H3. The number of rotatable bonds is 3.